The Morgan fingerprint density at radius 2 is 1.85 bits per heavy atom. The summed E-state index contributed by atoms with van der Waals surface area (Å²) in [5, 5.41) is 12.2. The first-order chi connectivity index (χ1) is 9.74. The van der Waals surface area contributed by atoms with E-state index in [1.165, 1.54) is 5.56 Å². The van der Waals surface area contributed by atoms with Crippen molar-refractivity contribution in [2.45, 2.75) is 19.6 Å². The molecular formula is C17H18N2O. The molecule has 0 bridgehead atoms. The number of nitrogens with zero attached hydrogens (tertiary/aromatic N) is 1. The van der Waals surface area contributed by atoms with Crippen LogP contribution in [0.2, 0.25) is 0 Å². The van der Waals surface area contributed by atoms with Crippen LogP contribution in [0.4, 0.5) is 0 Å². The topological polar surface area (TPSA) is 45.0 Å². The van der Waals surface area contributed by atoms with Crippen LogP contribution in [0.5, 0.6) is 5.75 Å². The molecule has 0 saturated heterocycles. The normalized spacial score (nSPS) is 11.7. The highest BCUT2D eigenvalue weighted by Crippen LogP contribution is 2.19. The Morgan fingerprint density at radius 3 is 2.50 bits per heavy atom. The van der Waals surface area contributed by atoms with E-state index in [2.05, 4.69) is 18.3 Å². The van der Waals surface area contributed by atoms with Gasteiger partial charge in [-0.3, -0.25) is 0 Å². The van der Waals surface area contributed by atoms with E-state index in [0.717, 1.165) is 11.3 Å². The maximum Gasteiger partial charge on any atom is 0.119 e. The van der Waals surface area contributed by atoms with E-state index in [0.29, 0.717) is 18.2 Å². The molecule has 0 heterocycles. The molecule has 0 aliphatic rings. The summed E-state index contributed by atoms with van der Waals surface area (Å²) in [6.45, 7) is 2.52. The molecule has 2 rings (SSSR count). The molecular weight excluding hydrogens is 248 g/mol. The van der Waals surface area contributed by atoms with Gasteiger partial charge in [-0.25, -0.2) is 0 Å². The fraction of sp³-hybridized carbons (Fsp3) is 0.235. The van der Waals surface area contributed by atoms with Gasteiger partial charge in [0.25, 0.3) is 0 Å². The van der Waals surface area contributed by atoms with Crippen LogP contribution in [-0.2, 0) is 6.61 Å². The average Bonchev–Trinajstić information content (AvgIpc) is 2.53. The van der Waals surface area contributed by atoms with Gasteiger partial charge in [0.15, 0.2) is 0 Å². The Balaban J connectivity index is 2.03. The lowest BCUT2D eigenvalue weighted by molar-refractivity contribution is 0.305. The number of nitrogens with one attached hydrogen (secondary N) is 1. The maximum absolute atomic E-state index is 9.03. The summed E-state index contributed by atoms with van der Waals surface area (Å²) >= 11 is 0. The molecule has 2 aromatic carbocycles. The second-order valence-electron chi connectivity index (χ2n) is 4.64. The molecule has 0 fully saturated rings. The van der Waals surface area contributed by atoms with E-state index in [9.17, 15) is 0 Å². The molecule has 1 unspecified atom stereocenters. The second-order valence-corrected chi connectivity index (χ2v) is 4.64. The highest BCUT2D eigenvalue weighted by atomic mass is 16.5. The third-order valence-electron chi connectivity index (χ3n) is 3.35. The second kappa shape index (κ2) is 6.74. The minimum absolute atomic E-state index is 0.323. The number of hydrogen-bond acceptors (Lipinski definition) is 3. The fourth-order valence-electron chi connectivity index (χ4n) is 1.94. The van der Waals surface area contributed by atoms with E-state index in [4.69, 9.17) is 10.00 Å². The zero-order valence-corrected chi connectivity index (χ0v) is 11.8. The van der Waals surface area contributed by atoms with Crippen LogP contribution in [0.3, 0.4) is 0 Å². The number of ether oxygens (including phenoxy) is 1. The molecule has 0 spiro atoms. The Morgan fingerprint density at radius 1 is 1.15 bits per heavy atom. The van der Waals surface area contributed by atoms with Crippen LogP contribution in [0.15, 0.2) is 48.5 Å². The molecule has 3 nitrogen and oxygen atoms in total. The van der Waals surface area contributed by atoms with Crippen LogP contribution in [0, 0.1) is 11.3 Å². The molecule has 3 heteroatoms. The van der Waals surface area contributed by atoms with Crippen molar-refractivity contribution in [3.63, 3.8) is 0 Å². The van der Waals surface area contributed by atoms with E-state index in [1.54, 1.807) is 6.07 Å². The SMILES string of the molecule is CNC(C)c1ccc(OCc2ccccc2C#N)cc1. The first kappa shape index (κ1) is 14.1. The third-order valence-corrected chi connectivity index (χ3v) is 3.35. The van der Waals surface area contributed by atoms with Crippen LogP contribution >= 0.6 is 0 Å². The lowest BCUT2D eigenvalue weighted by atomic mass is 10.1. The smallest absolute Gasteiger partial charge is 0.119 e. The van der Waals surface area contributed by atoms with Crippen molar-refractivity contribution in [2.75, 3.05) is 7.05 Å². The first-order valence-electron chi connectivity index (χ1n) is 6.62. The summed E-state index contributed by atoms with van der Waals surface area (Å²) in [5.41, 5.74) is 2.79. The van der Waals surface area contributed by atoms with Crippen molar-refractivity contribution in [3.05, 3.63) is 65.2 Å². The Labute approximate surface area is 119 Å². The molecule has 0 aromatic heterocycles. The van der Waals surface area contributed by atoms with Crippen LogP contribution in [0.25, 0.3) is 0 Å². The van der Waals surface area contributed by atoms with Crippen molar-refractivity contribution in [1.29, 1.82) is 5.26 Å². The van der Waals surface area contributed by atoms with Crippen molar-refractivity contribution in [3.8, 4) is 11.8 Å². The van der Waals surface area contributed by atoms with Gasteiger partial charge < -0.3 is 10.1 Å². The lowest BCUT2D eigenvalue weighted by Gasteiger charge is -2.12. The summed E-state index contributed by atoms with van der Waals surface area (Å²) < 4.78 is 5.73. The van der Waals surface area contributed by atoms with Crippen molar-refractivity contribution < 1.29 is 4.74 Å². The van der Waals surface area contributed by atoms with Gasteiger partial charge in [0.05, 0.1) is 11.6 Å². The summed E-state index contributed by atoms with van der Waals surface area (Å²) in [5.74, 6) is 0.810. The molecule has 102 valence electrons. The summed E-state index contributed by atoms with van der Waals surface area (Å²) in [6, 6.07) is 18.0. The highest BCUT2D eigenvalue weighted by molar-refractivity contribution is 5.37. The summed E-state index contributed by atoms with van der Waals surface area (Å²) in [7, 11) is 1.94. The molecule has 1 atom stereocenters. The summed E-state index contributed by atoms with van der Waals surface area (Å²) in [6.07, 6.45) is 0. The number of nitriles is 1. The molecule has 0 radical (unpaired) electrons. The minimum Gasteiger partial charge on any atom is -0.489 e. The Kier molecular flexibility index (Phi) is 4.75. The van der Waals surface area contributed by atoms with Crippen LogP contribution in [0.1, 0.15) is 29.7 Å². The van der Waals surface area contributed by atoms with Gasteiger partial charge in [0.2, 0.25) is 0 Å². The largest absolute Gasteiger partial charge is 0.489 e. The molecule has 2 aromatic rings. The lowest BCUT2D eigenvalue weighted by Crippen LogP contribution is -2.11. The molecule has 0 aliphatic carbocycles. The van der Waals surface area contributed by atoms with Crippen molar-refractivity contribution in [1.82, 2.24) is 5.32 Å². The van der Waals surface area contributed by atoms with E-state index >= 15 is 0 Å². The van der Waals surface area contributed by atoms with Gasteiger partial charge in [-0.05, 0) is 37.7 Å². The standard InChI is InChI=1S/C17H18N2O/c1-13(19-2)14-7-9-17(10-8-14)20-12-16-6-4-3-5-15(16)11-18/h3-10,13,19H,12H2,1-2H3. The Bertz CT molecular complexity index is 599. The molecule has 0 saturated carbocycles. The number of hydrogen-bond donors (Lipinski definition) is 1. The van der Waals surface area contributed by atoms with Crippen molar-refractivity contribution in [2.24, 2.45) is 0 Å². The van der Waals surface area contributed by atoms with Gasteiger partial charge in [-0.15, -0.1) is 0 Å². The van der Waals surface area contributed by atoms with Crippen LogP contribution < -0.4 is 10.1 Å². The predicted octanol–water partition coefficient (Wildman–Crippen LogP) is 3.42. The number of rotatable bonds is 5. The molecule has 1 N–H and O–H groups in total. The molecule has 0 amide bonds. The van der Waals surface area contributed by atoms with Gasteiger partial charge in [-0.1, -0.05) is 30.3 Å². The third kappa shape index (κ3) is 3.37. The minimum atomic E-state index is 0.323. The predicted molar refractivity (Wildman–Crippen MR) is 79.4 cm³/mol. The summed E-state index contributed by atoms with van der Waals surface area (Å²) in [4.78, 5) is 0. The van der Waals surface area contributed by atoms with Crippen LogP contribution in [-0.4, -0.2) is 7.05 Å². The van der Waals surface area contributed by atoms with Gasteiger partial charge >= 0.3 is 0 Å². The van der Waals surface area contributed by atoms with Gasteiger partial charge in [0, 0.05) is 11.6 Å². The van der Waals surface area contributed by atoms with Crippen molar-refractivity contribution >= 4 is 0 Å². The monoisotopic (exact) mass is 266 g/mol. The van der Waals surface area contributed by atoms with Gasteiger partial charge in [-0.2, -0.15) is 5.26 Å². The average molecular weight is 266 g/mol. The zero-order valence-electron chi connectivity index (χ0n) is 11.8. The maximum atomic E-state index is 9.03. The highest BCUT2D eigenvalue weighted by Gasteiger charge is 2.04. The first-order valence-corrected chi connectivity index (χ1v) is 6.62. The van der Waals surface area contributed by atoms with Gasteiger partial charge in [0.1, 0.15) is 12.4 Å². The quantitative estimate of drug-likeness (QED) is 0.902. The fourth-order valence-corrected chi connectivity index (χ4v) is 1.94. The zero-order chi connectivity index (χ0) is 14.4. The Hall–Kier alpha value is -2.31. The van der Waals surface area contributed by atoms with E-state index < -0.39 is 0 Å². The molecule has 20 heavy (non-hydrogen) atoms. The number of benzene rings is 2. The van der Waals surface area contributed by atoms with E-state index in [1.807, 2.05) is 49.5 Å². The van der Waals surface area contributed by atoms with E-state index in [-0.39, 0.29) is 0 Å². The molecule has 0 aliphatic heterocycles.